The van der Waals surface area contributed by atoms with E-state index in [4.69, 9.17) is 9.84 Å². The number of halogens is 1. The number of aliphatic hydroxyl groups is 1. The summed E-state index contributed by atoms with van der Waals surface area (Å²) < 4.78 is 18.1. The first-order chi connectivity index (χ1) is 8.28. The maximum absolute atomic E-state index is 12.6. The molecule has 0 radical (unpaired) electrons. The number of hydrogen-bond donors (Lipinski definition) is 1. The van der Waals surface area contributed by atoms with E-state index in [1.54, 1.807) is 12.1 Å². The van der Waals surface area contributed by atoms with Gasteiger partial charge in [0, 0.05) is 18.4 Å². The molecule has 17 heavy (non-hydrogen) atoms. The van der Waals surface area contributed by atoms with E-state index in [-0.39, 0.29) is 12.4 Å². The van der Waals surface area contributed by atoms with Crippen LogP contribution in [0.4, 0.5) is 4.39 Å². The summed E-state index contributed by atoms with van der Waals surface area (Å²) in [6.07, 6.45) is 0.563. The van der Waals surface area contributed by atoms with Gasteiger partial charge in [0.05, 0.1) is 5.69 Å². The van der Waals surface area contributed by atoms with E-state index < -0.39 is 0 Å². The van der Waals surface area contributed by atoms with Gasteiger partial charge in [-0.2, -0.15) is 0 Å². The van der Waals surface area contributed by atoms with Gasteiger partial charge in [0.2, 0.25) is 0 Å². The van der Waals surface area contributed by atoms with Crippen LogP contribution in [-0.2, 0) is 13.0 Å². The third-order valence-electron chi connectivity index (χ3n) is 2.14. The Morgan fingerprint density at radius 3 is 2.76 bits per heavy atom. The molecule has 0 aliphatic rings. The number of nitrogens with zero attached hydrogens (tertiary/aromatic N) is 1. The van der Waals surface area contributed by atoms with Gasteiger partial charge in [-0.25, -0.2) is 9.37 Å². The second kappa shape index (κ2) is 5.75. The van der Waals surface area contributed by atoms with Crippen LogP contribution in [0.1, 0.15) is 10.7 Å². The third kappa shape index (κ3) is 3.51. The molecule has 1 heterocycles. The van der Waals surface area contributed by atoms with Crippen LogP contribution in [0, 0.1) is 5.82 Å². The molecule has 0 saturated carbocycles. The zero-order valence-corrected chi connectivity index (χ0v) is 9.91. The topological polar surface area (TPSA) is 42.4 Å². The Labute approximate surface area is 103 Å². The van der Waals surface area contributed by atoms with Gasteiger partial charge in [-0.05, 0) is 24.3 Å². The molecule has 1 N–H and O–H groups in total. The molecule has 0 atom stereocenters. The molecule has 3 nitrogen and oxygen atoms in total. The summed E-state index contributed by atoms with van der Waals surface area (Å²) in [6, 6.07) is 5.87. The van der Waals surface area contributed by atoms with Gasteiger partial charge in [0.15, 0.2) is 0 Å². The first-order valence-electron chi connectivity index (χ1n) is 5.20. The number of thiazole rings is 1. The van der Waals surface area contributed by atoms with Gasteiger partial charge in [-0.1, -0.05) is 0 Å². The third-order valence-corrected chi connectivity index (χ3v) is 3.01. The lowest BCUT2D eigenvalue weighted by atomic mass is 10.3. The van der Waals surface area contributed by atoms with Crippen molar-refractivity contribution in [3.8, 4) is 5.75 Å². The van der Waals surface area contributed by atoms with Crippen molar-refractivity contribution < 1.29 is 14.2 Å². The summed E-state index contributed by atoms with van der Waals surface area (Å²) in [5, 5.41) is 11.5. The minimum absolute atomic E-state index is 0.0992. The normalized spacial score (nSPS) is 10.5. The fourth-order valence-corrected chi connectivity index (χ4v) is 2.06. The summed E-state index contributed by atoms with van der Waals surface area (Å²) in [4.78, 5) is 4.29. The molecule has 0 fully saturated rings. The summed E-state index contributed by atoms with van der Waals surface area (Å²) in [6.45, 7) is 0.462. The minimum Gasteiger partial charge on any atom is -0.486 e. The van der Waals surface area contributed by atoms with Crippen LogP contribution in [0.25, 0.3) is 0 Å². The molecular formula is C12H12FNO2S. The molecule has 1 aromatic carbocycles. The SMILES string of the molecule is OCCc1csc(COc2ccc(F)cc2)n1. The van der Waals surface area contributed by atoms with Crippen molar-refractivity contribution in [3.05, 3.63) is 46.2 Å². The van der Waals surface area contributed by atoms with Gasteiger partial charge in [0.1, 0.15) is 23.2 Å². The lowest BCUT2D eigenvalue weighted by Gasteiger charge is -2.03. The molecule has 5 heteroatoms. The monoisotopic (exact) mass is 253 g/mol. The molecule has 0 amide bonds. The Morgan fingerprint density at radius 1 is 1.29 bits per heavy atom. The van der Waals surface area contributed by atoms with Gasteiger partial charge >= 0.3 is 0 Å². The molecule has 2 aromatic rings. The maximum Gasteiger partial charge on any atom is 0.140 e. The molecule has 0 unspecified atom stereocenters. The highest BCUT2D eigenvalue weighted by atomic mass is 32.1. The Kier molecular flexibility index (Phi) is 4.06. The summed E-state index contributed by atoms with van der Waals surface area (Å²) in [5.74, 6) is 0.335. The molecule has 0 bridgehead atoms. The zero-order chi connectivity index (χ0) is 12.1. The first-order valence-corrected chi connectivity index (χ1v) is 6.08. The summed E-state index contributed by atoms with van der Waals surface area (Å²) in [7, 11) is 0. The number of ether oxygens (including phenoxy) is 1. The highest BCUT2D eigenvalue weighted by Gasteiger charge is 2.02. The van der Waals surface area contributed by atoms with E-state index in [0.29, 0.717) is 18.8 Å². The highest BCUT2D eigenvalue weighted by Crippen LogP contribution is 2.16. The van der Waals surface area contributed by atoms with Crippen LogP contribution in [0.5, 0.6) is 5.75 Å². The molecule has 2 rings (SSSR count). The van der Waals surface area contributed by atoms with Crippen LogP contribution < -0.4 is 4.74 Å². The van der Waals surface area contributed by atoms with Crippen molar-refractivity contribution in [2.45, 2.75) is 13.0 Å². The number of aliphatic hydroxyl groups excluding tert-OH is 1. The molecular weight excluding hydrogens is 241 g/mol. The van der Waals surface area contributed by atoms with E-state index in [9.17, 15) is 4.39 Å². The van der Waals surface area contributed by atoms with Gasteiger partial charge < -0.3 is 9.84 Å². The average molecular weight is 253 g/mol. The number of rotatable bonds is 5. The fraction of sp³-hybridized carbons (Fsp3) is 0.250. The zero-order valence-electron chi connectivity index (χ0n) is 9.10. The Balaban J connectivity index is 1.90. The van der Waals surface area contributed by atoms with Gasteiger partial charge in [-0.15, -0.1) is 11.3 Å². The van der Waals surface area contributed by atoms with Crippen LogP contribution in [0.15, 0.2) is 29.6 Å². The Morgan fingerprint density at radius 2 is 2.06 bits per heavy atom. The largest absolute Gasteiger partial charge is 0.486 e. The Bertz CT molecular complexity index is 470. The van der Waals surface area contributed by atoms with E-state index in [1.165, 1.54) is 23.5 Å². The van der Waals surface area contributed by atoms with Crippen LogP contribution >= 0.6 is 11.3 Å². The maximum atomic E-state index is 12.6. The van der Waals surface area contributed by atoms with E-state index in [0.717, 1.165) is 10.7 Å². The predicted molar refractivity (Wildman–Crippen MR) is 63.6 cm³/mol. The standard InChI is InChI=1S/C12H12FNO2S/c13-9-1-3-11(4-2-9)16-7-12-14-10(5-6-15)8-17-12/h1-4,8,15H,5-7H2. The van der Waals surface area contributed by atoms with Crippen molar-refractivity contribution in [1.82, 2.24) is 4.98 Å². The Hall–Kier alpha value is -1.46. The van der Waals surface area contributed by atoms with Crippen molar-refractivity contribution in [1.29, 1.82) is 0 Å². The lowest BCUT2D eigenvalue weighted by Crippen LogP contribution is -1.96. The summed E-state index contributed by atoms with van der Waals surface area (Å²) >= 11 is 1.49. The van der Waals surface area contributed by atoms with Crippen molar-refractivity contribution in [2.75, 3.05) is 6.61 Å². The molecule has 0 aliphatic carbocycles. The van der Waals surface area contributed by atoms with Crippen LogP contribution in [-0.4, -0.2) is 16.7 Å². The van der Waals surface area contributed by atoms with Crippen LogP contribution in [0.3, 0.4) is 0 Å². The van der Waals surface area contributed by atoms with Crippen molar-refractivity contribution >= 4 is 11.3 Å². The molecule has 90 valence electrons. The predicted octanol–water partition coefficient (Wildman–Crippen LogP) is 2.40. The van der Waals surface area contributed by atoms with E-state index in [2.05, 4.69) is 4.98 Å². The molecule has 1 aromatic heterocycles. The number of aromatic nitrogens is 1. The fourth-order valence-electron chi connectivity index (χ4n) is 1.32. The second-order valence-electron chi connectivity index (χ2n) is 3.45. The first kappa shape index (κ1) is 12.0. The van der Waals surface area contributed by atoms with Crippen LogP contribution in [0.2, 0.25) is 0 Å². The minimum atomic E-state index is -0.281. The molecule has 0 saturated heterocycles. The summed E-state index contributed by atoms with van der Waals surface area (Å²) in [5.41, 5.74) is 0.871. The van der Waals surface area contributed by atoms with Crippen molar-refractivity contribution in [3.63, 3.8) is 0 Å². The molecule has 0 aliphatic heterocycles. The second-order valence-corrected chi connectivity index (χ2v) is 4.39. The lowest BCUT2D eigenvalue weighted by molar-refractivity contribution is 0.295. The average Bonchev–Trinajstić information content (AvgIpc) is 2.77. The van der Waals surface area contributed by atoms with Gasteiger partial charge in [0.25, 0.3) is 0 Å². The van der Waals surface area contributed by atoms with Crippen molar-refractivity contribution in [2.24, 2.45) is 0 Å². The smallest absolute Gasteiger partial charge is 0.140 e. The van der Waals surface area contributed by atoms with Gasteiger partial charge in [-0.3, -0.25) is 0 Å². The van der Waals surface area contributed by atoms with E-state index >= 15 is 0 Å². The van der Waals surface area contributed by atoms with E-state index in [1.807, 2.05) is 5.38 Å². The number of hydrogen-bond acceptors (Lipinski definition) is 4. The molecule has 0 spiro atoms. The quantitative estimate of drug-likeness (QED) is 0.889. The highest BCUT2D eigenvalue weighted by molar-refractivity contribution is 7.09. The number of benzene rings is 1.